The summed E-state index contributed by atoms with van der Waals surface area (Å²) in [5, 5.41) is 22.1. The third kappa shape index (κ3) is 4.43. The molecule has 0 bridgehead atoms. The largest absolute Gasteiger partial charge is 0.762 e. The number of hydrogen-bond acceptors (Lipinski definition) is 5. The molecule has 0 aromatic carbocycles. The minimum absolute atomic E-state index is 0.384. The number of aliphatic hydroxyl groups is 1. The van der Waals surface area contributed by atoms with Crippen LogP contribution < -0.4 is 0 Å². The monoisotopic (exact) mass is 336 g/mol. The quantitative estimate of drug-likeness (QED) is 0.363. The average Bonchev–Trinajstić information content (AvgIpc) is 2.51. The van der Waals surface area contributed by atoms with Crippen LogP contribution >= 0.6 is 32.9 Å². The molecule has 2 unspecified atom stereocenters. The van der Waals surface area contributed by atoms with Crippen LogP contribution in [0.4, 0.5) is 0 Å². The molecule has 84 valence electrons. The molecule has 1 aliphatic heterocycles. The molecule has 0 radical (unpaired) electrons. The van der Waals surface area contributed by atoms with Crippen LogP contribution in [0.25, 0.3) is 0 Å². The number of halogens is 2. The molecule has 0 spiro atoms. The van der Waals surface area contributed by atoms with Gasteiger partial charge in [-0.05, 0) is 13.3 Å². The van der Waals surface area contributed by atoms with Crippen LogP contribution in [-0.2, 0) is 4.84 Å². The second-order valence-corrected chi connectivity index (χ2v) is 5.14. The molecule has 1 heterocycles. The molecule has 1 aliphatic rings. The van der Waals surface area contributed by atoms with E-state index in [4.69, 9.17) is 16.4 Å². The first-order valence-corrected chi connectivity index (χ1v) is 6.51. The molecule has 2 atom stereocenters. The Kier molecular flexibility index (Phi) is 5.67. The summed E-state index contributed by atoms with van der Waals surface area (Å²) in [6.45, 7) is 2.59. The van der Waals surface area contributed by atoms with Crippen molar-refractivity contribution >= 4 is 32.9 Å². The summed E-state index contributed by atoms with van der Waals surface area (Å²) in [6.07, 6.45) is 0.234. The number of β-amino-alcohol motifs (C(OH)–C–C–N with tert-alkyl or cyclic N) is 1. The predicted molar refractivity (Wildman–Crippen MR) is 60.3 cm³/mol. The summed E-state index contributed by atoms with van der Waals surface area (Å²) in [5.74, 6) is 0. The third-order valence-electron chi connectivity index (χ3n) is 1.64. The van der Waals surface area contributed by atoms with Crippen molar-refractivity contribution in [2.45, 2.75) is 25.0 Å². The Morgan fingerprint density at radius 3 is 3.07 bits per heavy atom. The highest BCUT2D eigenvalue weighted by atomic mass is 127. The highest BCUT2D eigenvalue weighted by molar-refractivity contribution is 14.1. The topological polar surface area (TPSA) is 71.4 Å². The normalized spacial score (nSPS) is 27.1. The fraction of sp³-hybridized carbons (Fsp3) is 1.00. The van der Waals surface area contributed by atoms with Gasteiger partial charge < -0.3 is 10.3 Å². The molecule has 1 rings (SSSR count). The van der Waals surface area contributed by atoms with Crippen LogP contribution in [0.3, 0.4) is 0 Å². The lowest BCUT2D eigenvalue weighted by atomic mass is 10.3. The van der Waals surface area contributed by atoms with Crippen molar-refractivity contribution in [2.24, 2.45) is 3.31 Å². The molecule has 0 saturated carbocycles. The molecule has 1 saturated heterocycles. The van der Waals surface area contributed by atoms with E-state index in [1.54, 1.807) is 6.92 Å². The summed E-state index contributed by atoms with van der Waals surface area (Å²) >= 11 is 4.38. The molecule has 1 fully saturated rings. The summed E-state index contributed by atoms with van der Waals surface area (Å²) in [7, 11) is 0. The molecular weight excluding hydrogens is 324 g/mol. The second-order valence-electron chi connectivity index (χ2n) is 2.87. The summed E-state index contributed by atoms with van der Waals surface area (Å²) in [5.41, 5.74) is -0.507. The molecule has 1 N–H and O–H groups in total. The zero-order chi connectivity index (χ0) is 10.6. The van der Waals surface area contributed by atoms with Crippen molar-refractivity contribution < 1.29 is 9.94 Å². The van der Waals surface area contributed by atoms with E-state index in [0.29, 0.717) is 19.5 Å². The Morgan fingerprint density at radius 2 is 2.57 bits per heavy atom. The number of nitrogens with zero attached hydrogens (tertiary/aromatic N) is 3. The maximum atomic E-state index is 11.3. The highest BCUT2D eigenvalue weighted by Crippen LogP contribution is 2.19. The lowest BCUT2D eigenvalue weighted by Gasteiger charge is -2.31. The third-order valence-corrected chi connectivity index (χ3v) is 3.11. The Bertz CT molecular complexity index is 207. The standard InChI is InChI=1S/C6H12ClIN3O3/c1-5(7)14-9-8-11(13)10-3-2-6(12)4-10/h5-6,12H,2-4H2,1H3/q-1. The van der Waals surface area contributed by atoms with E-state index < -0.39 is 33.0 Å². The molecule has 14 heavy (non-hydrogen) atoms. The van der Waals surface area contributed by atoms with Gasteiger partial charge in [-0.25, -0.2) is 13.2 Å². The van der Waals surface area contributed by atoms with Gasteiger partial charge in [-0.2, -0.15) is 0 Å². The molecule has 6 nitrogen and oxygen atoms in total. The van der Waals surface area contributed by atoms with Crippen molar-refractivity contribution in [3.8, 4) is 0 Å². The van der Waals surface area contributed by atoms with Gasteiger partial charge in [-0.1, -0.05) is 14.9 Å². The van der Waals surface area contributed by atoms with E-state index in [2.05, 4.69) is 3.31 Å². The fourth-order valence-corrected chi connectivity index (χ4v) is 2.45. The van der Waals surface area contributed by atoms with Gasteiger partial charge >= 0.3 is 0 Å². The predicted octanol–water partition coefficient (Wildman–Crippen LogP) is 1.35. The van der Waals surface area contributed by atoms with Crippen LogP contribution in [0.1, 0.15) is 13.3 Å². The van der Waals surface area contributed by atoms with E-state index >= 15 is 0 Å². The van der Waals surface area contributed by atoms with Gasteiger partial charge in [0.1, 0.15) is 21.3 Å². The Balaban J connectivity index is 2.27. The van der Waals surface area contributed by atoms with Gasteiger partial charge in [0.2, 0.25) is 0 Å². The van der Waals surface area contributed by atoms with Gasteiger partial charge in [-0.15, -0.1) is 0 Å². The molecule has 0 amide bonds. The number of alkyl halides is 1. The summed E-state index contributed by atoms with van der Waals surface area (Å²) in [6, 6.07) is 0. The summed E-state index contributed by atoms with van der Waals surface area (Å²) < 4.78 is 4.38. The number of aliphatic hydroxyl groups excluding tert-OH is 1. The van der Waals surface area contributed by atoms with Crippen molar-refractivity contribution in [2.75, 3.05) is 13.1 Å². The SMILES string of the molecule is CC(Cl)ON=IN([O-])N1CCC(O)C1. The van der Waals surface area contributed by atoms with Gasteiger partial charge in [0, 0.05) is 13.1 Å². The van der Waals surface area contributed by atoms with Gasteiger partial charge in [0.25, 0.3) is 0 Å². The average molecular weight is 337 g/mol. The summed E-state index contributed by atoms with van der Waals surface area (Å²) in [4.78, 5) is 4.71. The van der Waals surface area contributed by atoms with Crippen molar-refractivity contribution in [3.63, 3.8) is 0 Å². The van der Waals surface area contributed by atoms with Crippen LogP contribution in [0, 0.1) is 5.21 Å². The first kappa shape index (κ1) is 12.7. The van der Waals surface area contributed by atoms with Crippen molar-refractivity contribution in [1.82, 2.24) is 8.39 Å². The van der Waals surface area contributed by atoms with Gasteiger partial charge in [0.05, 0.1) is 6.10 Å². The zero-order valence-corrected chi connectivity index (χ0v) is 10.6. The smallest absolute Gasteiger partial charge is 0.159 e. The second kappa shape index (κ2) is 6.26. The van der Waals surface area contributed by atoms with Crippen molar-refractivity contribution in [1.29, 1.82) is 0 Å². The van der Waals surface area contributed by atoms with Crippen LogP contribution in [0.5, 0.6) is 0 Å². The first-order chi connectivity index (χ1) is 6.59. The van der Waals surface area contributed by atoms with E-state index in [0.717, 1.165) is 3.39 Å². The lowest BCUT2D eigenvalue weighted by Crippen LogP contribution is -2.30. The number of hydrogen-bond donors (Lipinski definition) is 1. The zero-order valence-electron chi connectivity index (χ0n) is 7.64. The highest BCUT2D eigenvalue weighted by Gasteiger charge is 2.20. The van der Waals surface area contributed by atoms with E-state index in [1.165, 1.54) is 5.01 Å². The first-order valence-electron chi connectivity index (χ1n) is 4.14. The van der Waals surface area contributed by atoms with Gasteiger partial charge in [0.15, 0.2) is 5.56 Å². The minimum atomic E-state index is -1.09. The minimum Gasteiger partial charge on any atom is -0.762 e. The lowest BCUT2D eigenvalue weighted by molar-refractivity contribution is 0.124. The molecule has 0 aromatic heterocycles. The molecule has 0 aliphatic carbocycles. The van der Waals surface area contributed by atoms with Crippen LogP contribution in [-0.4, -0.2) is 38.3 Å². The maximum absolute atomic E-state index is 11.3. The van der Waals surface area contributed by atoms with Gasteiger partial charge in [-0.3, -0.25) is 0 Å². The van der Waals surface area contributed by atoms with E-state index in [9.17, 15) is 10.3 Å². The Hall–Kier alpha value is 0.620. The maximum Gasteiger partial charge on any atom is 0.159 e. The number of hydrazine groups is 1. The van der Waals surface area contributed by atoms with Crippen LogP contribution in [0.2, 0.25) is 0 Å². The fourth-order valence-electron chi connectivity index (χ4n) is 1.01. The molecular formula is C6H12ClIN3O3-. The Morgan fingerprint density at radius 1 is 1.86 bits per heavy atom. The van der Waals surface area contributed by atoms with E-state index in [-0.39, 0.29) is 0 Å². The Labute approximate surface area is 97.8 Å². The number of rotatable bonds is 4. The molecule has 0 aromatic rings. The molecule has 8 heteroatoms. The van der Waals surface area contributed by atoms with Crippen LogP contribution in [0.15, 0.2) is 3.31 Å². The van der Waals surface area contributed by atoms with E-state index in [1.807, 2.05) is 0 Å². The van der Waals surface area contributed by atoms with Crippen molar-refractivity contribution in [3.05, 3.63) is 5.21 Å².